The van der Waals surface area contributed by atoms with Crippen LogP contribution >= 0.6 is 0 Å². The number of aryl methyl sites for hydroxylation is 2. The predicted octanol–water partition coefficient (Wildman–Crippen LogP) is 4.54. The van der Waals surface area contributed by atoms with Gasteiger partial charge in [-0.05, 0) is 49.7 Å². The van der Waals surface area contributed by atoms with E-state index in [0.29, 0.717) is 35.5 Å². The van der Waals surface area contributed by atoms with Gasteiger partial charge in [-0.25, -0.2) is 19.2 Å². The molecule has 0 saturated carbocycles. The molecule has 5 aromatic rings. The smallest absolute Gasteiger partial charge is 0.357 e. The summed E-state index contributed by atoms with van der Waals surface area (Å²) in [5.74, 6) is -0.656. The third-order valence-electron chi connectivity index (χ3n) is 5.77. The van der Waals surface area contributed by atoms with Crippen molar-refractivity contribution in [1.82, 2.24) is 24.7 Å². The molecule has 166 valence electrons. The van der Waals surface area contributed by atoms with Gasteiger partial charge in [-0.3, -0.25) is 5.10 Å². The van der Waals surface area contributed by atoms with Crippen molar-refractivity contribution in [3.63, 3.8) is 0 Å². The lowest BCUT2D eigenvalue weighted by Gasteiger charge is -2.11. The predicted molar refractivity (Wildman–Crippen MR) is 124 cm³/mol. The minimum Gasteiger partial charge on any atom is -0.476 e. The molecular weight excluding hydrogens is 423 g/mol. The van der Waals surface area contributed by atoms with Crippen LogP contribution in [0.2, 0.25) is 0 Å². The Labute approximate surface area is 188 Å². The van der Waals surface area contributed by atoms with Crippen LogP contribution in [0.1, 0.15) is 21.7 Å². The number of aromatic carboxylic acids is 1. The third kappa shape index (κ3) is 3.78. The Kier molecular flexibility index (Phi) is 5.01. The van der Waals surface area contributed by atoms with Crippen LogP contribution in [0.25, 0.3) is 33.1 Å². The van der Waals surface area contributed by atoms with Crippen LogP contribution in [0.3, 0.4) is 0 Å². The van der Waals surface area contributed by atoms with Crippen molar-refractivity contribution < 1.29 is 14.3 Å². The number of nitrogens with one attached hydrogen (secondary N) is 2. The number of hydrogen-bond acceptors (Lipinski definition) is 5. The number of carboxylic acid groups (broad SMARTS) is 1. The molecule has 0 atom stereocenters. The van der Waals surface area contributed by atoms with E-state index in [9.17, 15) is 14.3 Å². The van der Waals surface area contributed by atoms with Crippen molar-refractivity contribution >= 4 is 33.6 Å². The highest BCUT2D eigenvalue weighted by Gasteiger charge is 2.14. The first kappa shape index (κ1) is 20.6. The van der Waals surface area contributed by atoms with E-state index in [1.165, 1.54) is 6.33 Å². The van der Waals surface area contributed by atoms with Gasteiger partial charge >= 0.3 is 5.97 Å². The third-order valence-corrected chi connectivity index (χ3v) is 5.77. The van der Waals surface area contributed by atoms with E-state index < -0.39 is 5.97 Å². The Morgan fingerprint density at radius 2 is 1.97 bits per heavy atom. The number of benzene rings is 2. The molecule has 0 saturated heterocycles. The fraction of sp³-hybridized carbons (Fsp3) is 0.167. The van der Waals surface area contributed by atoms with Gasteiger partial charge in [0.15, 0.2) is 5.69 Å². The Morgan fingerprint density at radius 3 is 2.79 bits per heavy atom. The first-order valence-corrected chi connectivity index (χ1v) is 10.4. The molecule has 0 bridgehead atoms. The summed E-state index contributed by atoms with van der Waals surface area (Å²) in [6.07, 6.45) is 1.48. The highest BCUT2D eigenvalue weighted by atomic mass is 19.1. The quantitative estimate of drug-likeness (QED) is 0.355. The number of carboxylic acids is 1. The molecule has 9 heteroatoms. The van der Waals surface area contributed by atoms with Gasteiger partial charge in [-0.2, -0.15) is 5.10 Å². The minimum absolute atomic E-state index is 0.00972. The summed E-state index contributed by atoms with van der Waals surface area (Å²) in [6.45, 7) is 5.17. The molecule has 0 spiro atoms. The van der Waals surface area contributed by atoms with Gasteiger partial charge in [0.05, 0.1) is 16.7 Å². The molecule has 3 N–H and O–H groups in total. The summed E-state index contributed by atoms with van der Waals surface area (Å²) in [7, 11) is 0. The van der Waals surface area contributed by atoms with Gasteiger partial charge in [-0.15, -0.1) is 0 Å². The minimum atomic E-state index is -1.08. The van der Waals surface area contributed by atoms with E-state index in [0.717, 1.165) is 27.7 Å². The summed E-state index contributed by atoms with van der Waals surface area (Å²) in [6, 6.07) is 12.4. The largest absolute Gasteiger partial charge is 0.476 e. The number of halogens is 1. The zero-order chi connectivity index (χ0) is 23.1. The number of aromatic nitrogens is 5. The first-order valence-electron chi connectivity index (χ1n) is 10.4. The molecular formula is C24H21FN6O2. The SMILES string of the molecule is Cc1cc(F)cc2c1cc(C)n2CCNc1cc(-c2ccc3c(C(=O)O)n[nH]c3c2)ncn1. The summed E-state index contributed by atoms with van der Waals surface area (Å²) >= 11 is 0. The highest BCUT2D eigenvalue weighted by Crippen LogP contribution is 2.26. The first-order chi connectivity index (χ1) is 15.9. The molecule has 3 aromatic heterocycles. The molecule has 0 aliphatic rings. The van der Waals surface area contributed by atoms with Crippen molar-refractivity contribution in [1.29, 1.82) is 0 Å². The number of fused-ring (bicyclic) bond motifs is 2. The van der Waals surface area contributed by atoms with Crippen molar-refractivity contribution in [3.05, 3.63) is 71.6 Å². The molecule has 3 heterocycles. The van der Waals surface area contributed by atoms with Gasteiger partial charge in [0, 0.05) is 41.2 Å². The summed E-state index contributed by atoms with van der Waals surface area (Å²) in [4.78, 5) is 19.9. The maximum atomic E-state index is 13.9. The second kappa shape index (κ2) is 8.01. The Balaban J connectivity index is 1.35. The van der Waals surface area contributed by atoms with Crippen LogP contribution in [0.5, 0.6) is 0 Å². The Bertz CT molecular complexity index is 1520. The fourth-order valence-electron chi connectivity index (χ4n) is 4.17. The molecule has 0 aliphatic heterocycles. The molecule has 0 radical (unpaired) electrons. The molecule has 0 unspecified atom stereocenters. The van der Waals surface area contributed by atoms with Crippen LogP contribution in [0.4, 0.5) is 10.2 Å². The second-order valence-electron chi connectivity index (χ2n) is 7.95. The van der Waals surface area contributed by atoms with Crippen molar-refractivity contribution in [3.8, 4) is 11.3 Å². The summed E-state index contributed by atoms with van der Waals surface area (Å²) in [5.41, 5.74) is 4.99. The topological polar surface area (TPSA) is 109 Å². The maximum absolute atomic E-state index is 13.9. The van der Waals surface area contributed by atoms with Gasteiger partial charge in [0.1, 0.15) is 18.0 Å². The lowest BCUT2D eigenvalue weighted by molar-refractivity contribution is 0.0692. The number of H-pyrrole nitrogens is 1. The number of nitrogens with zero attached hydrogens (tertiary/aromatic N) is 4. The zero-order valence-electron chi connectivity index (χ0n) is 18.1. The van der Waals surface area contributed by atoms with E-state index in [2.05, 4.69) is 36.1 Å². The molecule has 0 amide bonds. The molecule has 0 fully saturated rings. The number of hydrogen-bond donors (Lipinski definition) is 3. The number of anilines is 1. The zero-order valence-corrected chi connectivity index (χ0v) is 18.1. The average Bonchev–Trinajstić information content (AvgIpc) is 3.35. The molecule has 33 heavy (non-hydrogen) atoms. The van der Waals surface area contributed by atoms with Gasteiger partial charge in [-0.1, -0.05) is 6.07 Å². The molecule has 5 rings (SSSR count). The van der Waals surface area contributed by atoms with Crippen molar-refractivity contribution in [2.24, 2.45) is 0 Å². The monoisotopic (exact) mass is 444 g/mol. The van der Waals surface area contributed by atoms with E-state index in [1.807, 2.05) is 32.0 Å². The number of carbonyl (C=O) groups is 1. The lowest BCUT2D eigenvalue weighted by Crippen LogP contribution is -2.12. The van der Waals surface area contributed by atoms with Crippen LogP contribution in [0, 0.1) is 19.7 Å². The highest BCUT2D eigenvalue weighted by molar-refractivity contribution is 6.01. The second-order valence-corrected chi connectivity index (χ2v) is 7.95. The average molecular weight is 444 g/mol. The van der Waals surface area contributed by atoms with Crippen LogP contribution in [0.15, 0.2) is 48.8 Å². The van der Waals surface area contributed by atoms with Crippen LogP contribution < -0.4 is 5.32 Å². The van der Waals surface area contributed by atoms with Crippen molar-refractivity contribution in [2.45, 2.75) is 20.4 Å². The molecule has 8 nitrogen and oxygen atoms in total. The van der Waals surface area contributed by atoms with E-state index in [1.54, 1.807) is 18.2 Å². The van der Waals surface area contributed by atoms with Gasteiger partial charge < -0.3 is 15.0 Å². The maximum Gasteiger partial charge on any atom is 0.357 e. The van der Waals surface area contributed by atoms with Crippen molar-refractivity contribution in [2.75, 3.05) is 11.9 Å². The van der Waals surface area contributed by atoms with E-state index >= 15 is 0 Å². The number of rotatable bonds is 6. The fourth-order valence-corrected chi connectivity index (χ4v) is 4.17. The normalized spacial score (nSPS) is 11.4. The summed E-state index contributed by atoms with van der Waals surface area (Å²) < 4.78 is 16.0. The van der Waals surface area contributed by atoms with Gasteiger partial charge in [0.2, 0.25) is 0 Å². The van der Waals surface area contributed by atoms with E-state index in [-0.39, 0.29) is 11.5 Å². The Hall–Kier alpha value is -4.27. The van der Waals surface area contributed by atoms with E-state index in [4.69, 9.17) is 0 Å². The standard InChI is InChI=1S/C24H21FN6O2/c1-13-7-16(25)10-21-18(13)8-14(2)31(21)6-5-26-22-11-19(27-12-28-22)15-3-4-17-20(9-15)29-30-23(17)24(32)33/h3-4,7-12H,5-6H2,1-2H3,(H,29,30)(H,32,33)(H,26,27,28). The Morgan fingerprint density at radius 1 is 1.12 bits per heavy atom. The molecule has 0 aliphatic carbocycles. The number of aromatic amines is 1. The van der Waals surface area contributed by atoms with Crippen LogP contribution in [-0.2, 0) is 6.54 Å². The molecule has 2 aromatic carbocycles. The van der Waals surface area contributed by atoms with Crippen LogP contribution in [-0.4, -0.2) is 42.4 Å². The summed E-state index contributed by atoms with van der Waals surface area (Å²) in [5, 5.41) is 20.7. The lowest BCUT2D eigenvalue weighted by atomic mass is 10.1. The van der Waals surface area contributed by atoms with Gasteiger partial charge in [0.25, 0.3) is 0 Å².